The van der Waals surface area contributed by atoms with Gasteiger partial charge in [0, 0.05) is 0 Å². The van der Waals surface area contributed by atoms with Crippen molar-refractivity contribution in [2.24, 2.45) is 0 Å². The van der Waals surface area contributed by atoms with Crippen molar-refractivity contribution in [1.29, 1.82) is 0 Å². The summed E-state index contributed by atoms with van der Waals surface area (Å²) >= 11 is 0. The molecule has 0 spiro atoms. The van der Waals surface area contributed by atoms with Crippen molar-refractivity contribution in [3.8, 4) is 0 Å². The molecule has 0 bridgehead atoms. The molecule has 0 saturated carbocycles. The van der Waals surface area contributed by atoms with Crippen LogP contribution in [0.2, 0.25) is 0 Å². The lowest BCUT2D eigenvalue weighted by molar-refractivity contribution is 0.164. The summed E-state index contributed by atoms with van der Waals surface area (Å²) in [4.78, 5) is 0. The van der Waals surface area contributed by atoms with Gasteiger partial charge in [-0.05, 0) is 38.2 Å². The molecule has 0 aromatic heterocycles. The summed E-state index contributed by atoms with van der Waals surface area (Å²) in [6.07, 6.45) is 3.22. The molecule has 1 unspecified atom stereocenters. The highest BCUT2D eigenvalue weighted by Gasteiger charge is 2.05. The van der Waals surface area contributed by atoms with Crippen molar-refractivity contribution >= 4 is 0 Å². The minimum absolute atomic E-state index is 0.243. The molecule has 88 valence electrons. The maximum atomic E-state index is 9.82. The SMILES string of the molecule is C=C(CC)CC(O)CCc1cccc(C)c1. The summed E-state index contributed by atoms with van der Waals surface area (Å²) in [6, 6.07) is 8.47. The normalized spacial score (nSPS) is 12.4. The van der Waals surface area contributed by atoms with Crippen molar-refractivity contribution in [3.05, 3.63) is 47.5 Å². The standard InChI is InChI=1S/C15H22O/c1-4-12(2)11-15(16)9-8-14-7-5-6-13(3)10-14/h5-7,10,15-16H,2,4,8-9,11H2,1,3H3. The average molecular weight is 218 g/mol. The average Bonchev–Trinajstić information content (AvgIpc) is 2.26. The molecule has 1 heteroatoms. The first-order valence-corrected chi connectivity index (χ1v) is 6.02. The lowest BCUT2D eigenvalue weighted by atomic mass is 10.0. The molecule has 1 atom stereocenters. The van der Waals surface area contributed by atoms with E-state index in [9.17, 15) is 5.11 Å². The number of benzene rings is 1. The summed E-state index contributed by atoms with van der Waals surface area (Å²) in [5.41, 5.74) is 3.72. The Morgan fingerprint density at radius 3 is 2.81 bits per heavy atom. The van der Waals surface area contributed by atoms with E-state index < -0.39 is 0 Å². The van der Waals surface area contributed by atoms with Crippen LogP contribution in [0.1, 0.15) is 37.3 Å². The third-order valence-corrected chi connectivity index (χ3v) is 2.87. The second kappa shape index (κ2) is 6.49. The summed E-state index contributed by atoms with van der Waals surface area (Å²) in [5, 5.41) is 9.82. The van der Waals surface area contributed by atoms with E-state index in [1.54, 1.807) is 0 Å². The number of rotatable bonds is 6. The van der Waals surface area contributed by atoms with Crippen molar-refractivity contribution in [2.75, 3.05) is 0 Å². The Morgan fingerprint density at radius 2 is 2.19 bits per heavy atom. The Hall–Kier alpha value is -1.08. The first-order valence-electron chi connectivity index (χ1n) is 6.02. The molecule has 0 aliphatic carbocycles. The summed E-state index contributed by atoms with van der Waals surface area (Å²) < 4.78 is 0. The van der Waals surface area contributed by atoms with Crippen LogP contribution in [0.5, 0.6) is 0 Å². The molecular weight excluding hydrogens is 196 g/mol. The topological polar surface area (TPSA) is 20.2 Å². The molecule has 0 heterocycles. The molecule has 1 rings (SSSR count). The van der Waals surface area contributed by atoms with Crippen molar-refractivity contribution in [1.82, 2.24) is 0 Å². The lowest BCUT2D eigenvalue weighted by Crippen LogP contribution is -2.08. The van der Waals surface area contributed by atoms with Crippen LogP contribution >= 0.6 is 0 Å². The van der Waals surface area contributed by atoms with Gasteiger partial charge in [0.1, 0.15) is 0 Å². The zero-order valence-electron chi connectivity index (χ0n) is 10.4. The van der Waals surface area contributed by atoms with Crippen LogP contribution in [0, 0.1) is 6.92 Å². The van der Waals surface area contributed by atoms with Gasteiger partial charge in [0.15, 0.2) is 0 Å². The fraction of sp³-hybridized carbons (Fsp3) is 0.467. The van der Waals surface area contributed by atoms with Gasteiger partial charge < -0.3 is 5.11 Å². The van der Waals surface area contributed by atoms with Gasteiger partial charge in [-0.2, -0.15) is 0 Å². The van der Waals surface area contributed by atoms with Crippen LogP contribution in [0.25, 0.3) is 0 Å². The van der Waals surface area contributed by atoms with E-state index in [-0.39, 0.29) is 6.10 Å². The quantitative estimate of drug-likeness (QED) is 0.723. The molecule has 1 nitrogen and oxygen atoms in total. The number of aliphatic hydroxyl groups excluding tert-OH is 1. The Morgan fingerprint density at radius 1 is 1.44 bits per heavy atom. The molecule has 0 saturated heterocycles. The van der Waals surface area contributed by atoms with Crippen molar-refractivity contribution in [3.63, 3.8) is 0 Å². The second-order valence-electron chi connectivity index (χ2n) is 4.49. The van der Waals surface area contributed by atoms with Gasteiger partial charge in [-0.1, -0.05) is 48.9 Å². The highest BCUT2D eigenvalue weighted by molar-refractivity contribution is 5.22. The highest BCUT2D eigenvalue weighted by atomic mass is 16.3. The molecule has 16 heavy (non-hydrogen) atoms. The van der Waals surface area contributed by atoms with Crippen molar-refractivity contribution < 1.29 is 5.11 Å². The third-order valence-electron chi connectivity index (χ3n) is 2.87. The van der Waals surface area contributed by atoms with Gasteiger partial charge in [-0.15, -0.1) is 0 Å². The lowest BCUT2D eigenvalue weighted by Gasteiger charge is -2.11. The van der Waals surface area contributed by atoms with Crippen LogP contribution in [0.4, 0.5) is 0 Å². The molecule has 0 aliphatic rings. The number of hydrogen-bond donors (Lipinski definition) is 1. The Kier molecular flexibility index (Phi) is 5.27. The minimum Gasteiger partial charge on any atom is -0.393 e. The fourth-order valence-electron chi connectivity index (χ4n) is 1.78. The summed E-state index contributed by atoms with van der Waals surface area (Å²) in [6.45, 7) is 8.10. The second-order valence-corrected chi connectivity index (χ2v) is 4.49. The highest BCUT2D eigenvalue weighted by Crippen LogP contribution is 2.13. The predicted octanol–water partition coefficient (Wildman–Crippen LogP) is 3.64. The first-order chi connectivity index (χ1) is 7.61. The van der Waals surface area contributed by atoms with Crippen LogP contribution in [-0.2, 0) is 6.42 Å². The summed E-state index contributed by atoms with van der Waals surface area (Å²) in [7, 11) is 0. The van der Waals surface area contributed by atoms with E-state index in [1.165, 1.54) is 11.1 Å². The molecule has 0 amide bonds. The third kappa shape index (κ3) is 4.63. The van der Waals surface area contributed by atoms with E-state index in [0.29, 0.717) is 0 Å². The van der Waals surface area contributed by atoms with Gasteiger partial charge in [0.2, 0.25) is 0 Å². The van der Waals surface area contributed by atoms with Gasteiger partial charge in [-0.25, -0.2) is 0 Å². The fourth-order valence-corrected chi connectivity index (χ4v) is 1.78. The smallest absolute Gasteiger partial charge is 0.0580 e. The van der Waals surface area contributed by atoms with Crippen LogP contribution < -0.4 is 0 Å². The Balaban J connectivity index is 2.37. The first kappa shape index (κ1) is 13.0. The molecule has 0 fully saturated rings. The van der Waals surface area contributed by atoms with Gasteiger partial charge >= 0.3 is 0 Å². The van der Waals surface area contributed by atoms with Gasteiger partial charge in [0.05, 0.1) is 6.10 Å². The molecule has 0 aliphatic heterocycles. The molecular formula is C15H22O. The Labute approximate surface area is 98.8 Å². The van der Waals surface area contributed by atoms with Crippen LogP contribution in [-0.4, -0.2) is 11.2 Å². The van der Waals surface area contributed by atoms with E-state index in [0.717, 1.165) is 31.3 Å². The zero-order valence-corrected chi connectivity index (χ0v) is 10.4. The van der Waals surface area contributed by atoms with Crippen LogP contribution in [0.15, 0.2) is 36.4 Å². The monoisotopic (exact) mass is 218 g/mol. The van der Waals surface area contributed by atoms with Crippen LogP contribution in [0.3, 0.4) is 0 Å². The number of hydrogen-bond acceptors (Lipinski definition) is 1. The van der Waals surface area contributed by atoms with Gasteiger partial charge in [0.25, 0.3) is 0 Å². The molecule has 1 aromatic carbocycles. The van der Waals surface area contributed by atoms with E-state index in [1.807, 2.05) is 0 Å². The number of aliphatic hydroxyl groups is 1. The van der Waals surface area contributed by atoms with Crippen molar-refractivity contribution in [2.45, 2.75) is 45.6 Å². The molecule has 1 aromatic rings. The Bertz CT molecular complexity index is 341. The van der Waals surface area contributed by atoms with E-state index >= 15 is 0 Å². The van der Waals surface area contributed by atoms with E-state index in [2.05, 4.69) is 44.7 Å². The van der Waals surface area contributed by atoms with E-state index in [4.69, 9.17) is 0 Å². The zero-order chi connectivity index (χ0) is 12.0. The minimum atomic E-state index is -0.243. The largest absolute Gasteiger partial charge is 0.393 e. The predicted molar refractivity (Wildman–Crippen MR) is 69.6 cm³/mol. The molecule has 1 N–H and O–H groups in total. The summed E-state index contributed by atoms with van der Waals surface area (Å²) in [5.74, 6) is 0. The van der Waals surface area contributed by atoms with Gasteiger partial charge in [-0.3, -0.25) is 0 Å². The number of aryl methyl sites for hydroxylation is 2. The molecule has 0 radical (unpaired) electrons. The maximum absolute atomic E-state index is 9.82. The maximum Gasteiger partial charge on any atom is 0.0580 e.